The number of pyridine rings is 1. The summed E-state index contributed by atoms with van der Waals surface area (Å²) in [4.78, 5) is 21.0. The number of nitrogens with zero attached hydrogens (tertiary/aromatic N) is 5. The van der Waals surface area contributed by atoms with Crippen LogP contribution >= 0.6 is 15.9 Å². The summed E-state index contributed by atoms with van der Waals surface area (Å²) in [7, 11) is 0. The Morgan fingerprint density at radius 3 is 2.64 bits per heavy atom. The Hall–Kier alpha value is -1.89. The fourth-order valence-corrected chi connectivity index (χ4v) is 2.83. The molecule has 2 aromatic rings. The molecule has 1 amide bonds. The van der Waals surface area contributed by atoms with Crippen LogP contribution in [0.25, 0.3) is 0 Å². The molecule has 0 aliphatic carbocycles. The Balaban J connectivity index is 1.59. The molecule has 1 fully saturated rings. The van der Waals surface area contributed by atoms with E-state index in [0.717, 1.165) is 23.4 Å². The number of hydrogen-bond acceptors (Lipinski definition) is 4. The molecule has 1 aliphatic rings. The standard InChI is InChI=1S/C15H18BrN5O/c1-12(21-6-2-5-18-21)15(22)20-9-7-19(8-10-20)14-4-3-13(16)11-17-14/h2-6,11-12H,7-10H2,1H3. The molecule has 2 aromatic heterocycles. The summed E-state index contributed by atoms with van der Waals surface area (Å²) in [5.41, 5.74) is 0. The van der Waals surface area contributed by atoms with Crippen LogP contribution in [0.2, 0.25) is 0 Å². The number of halogens is 1. The molecule has 1 saturated heterocycles. The highest BCUT2D eigenvalue weighted by Gasteiger charge is 2.26. The van der Waals surface area contributed by atoms with E-state index in [1.54, 1.807) is 17.1 Å². The van der Waals surface area contributed by atoms with E-state index in [1.807, 2.05) is 36.2 Å². The minimum atomic E-state index is -0.257. The van der Waals surface area contributed by atoms with Gasteiger partial charge in [-0.2, -0.15) is 5.10 Å². The lowest BCUT2D eigenvalue weighted by Gasteiger charge is -2.36. The number of hydrogen-bond donors (Lipinski definition) is 0. The van der Waals surface area contributed by atoms with Gasteiger partial charge in [-0.05, 0) is 41.1 Å². The van der Waals surface area contributed by atoms with Crippen molar-refractivity contribution in [3.05, 3.63) is 41.3 Å². The molecule has 0 spiro atoms. The third-order valence-corrected chi connectivity index (χ3v) is 4.38. The zero-order chi connectivity index (χ0) is 15.5. The maximum atomic E-state index is 12.5. The predicted octanol–water partition coefficient (Wildman–Crippen LogP) is 1.95. The molecule has 1 aliphatic heterocycles. The third-order valence-electron chi connectivity index (χ3n) is 3.91. The van der Waals surface area contributed by atoms with Crippen molar-refractivity contribution in [1.82, 2.24) is 19.7 Å². The van der Waals surface area contributed by atoms with Crippen LogP contribution in [0.3, 0.4) is 0 Å². The van der Waals surface area contributed by atoms with Gasteiger partial charge in [-0.25, -0.2) is 4.98 Å². The second-order valence-corrected chi connectivity index (χ2v) is 6.22. The fraction of sp³-hybridized carbons (Fsp3) is 0.400. The second kappa shape index (κ2) is 6.48. The molecular weight excluding hydrogens is 346 g/mol. The van der Waals surface area contributed by atoms with Gasteiger partial charge in [0.1, 0.15) is 11.9 Å². The Bertz CT molecular complexity index is 620. The molecule has 116 valence electrons. The average Bonchev–Trinajstić information content (AvgIpc) is 3.09. The zero-order valence-electron chi connectivity index (χ0n) is 12.4. The van der Waals surface area contributed by atoms with Crippen LogP contribution in [0.1, 0.15) is 13.0 Å². The minimum Gasteiger partial charge on any atom is -0.353 e. The van der Waals surface area contributed by atoms with Crippen molar-refractivity contribution in [3.63, 3.8) is 0 Å². The van der Waals surface area contributed by atoms with Gasteiger partial charge in [0.2, 0.25) is 5.91 Å². The molecule has 0 saturated carbocycles. The lowest BCUT2D eigenvalue weighted by atomic mass is 10.2. The molecule has 6 nitrogen and oxygen atoms in total. The maximum absolute atomic E-state index is 12.5. The van der Waals surface area contributed by atoms with Crippen LogP contribution in [0, 0.1) is 0 Å². The predicted molar refractivity (Wildman–Crippen MR) is 87.7 cm³/mol. The smallest absolute Gasteiger partial charge is 0.247 e. The van der Waals surface area contributed by atoms with Crippen LogP contribution in [0.5, 0.6) is 0 Å². The summed E-state index contributed by atoms with van der Waals surface area (Å²) in [5.74, 6) is 1.07. The van der Waals surface area contributed by atoms with Gasteiger partial charge in [0.15, 0.2) is 0 Å². The van der Waals surface area contributed by atoms with E-state index >= 15 is 0 Å². The van der Waals surface area contributed by atoms with Crippen molar-refractivity contribution >= 4 is 27.7 Å². The number of aromatic nitrogens is 3. The number of rotatable bonds is 3. The first-order chi connectivity index (χ1) is 10.6. The highest BCUT2D eigenvalue weighted by Crippen LogP contribution is 2.18. The molecule has 3 rings (SSSR count). The monoisotopic (exact) mass is 363 g/mol. The molecule has 0 radical (unpaired) electrons. The van der Waals surface area contributed by atoms with Gasteiger partial charge in [-0.1, -0.05) is 0 Å². The van der Waals surface area contributed by atoms with Crippen molar-refractivity contribution < 1.29 is 4.79 Å². The minimum absolute atomic E-state index is 0.118. The Labute approximate surface area is 137 Å². The van der Waals surface area contributed by atoms with Gasteiger partial charge in [0.05, 0.1) is 0 Å². The molecule has 0 bridgehead atoms. The first-order valence-corrected chi connectivity index (χ1v) is 8.09. The molecule has 7 heteroatoms. The number of amides is 1. The van der Waals surface area contributed by atoms with Crippen LogP contribution in [0.4, 0.5) is 5.82 Å². The van der Waals surface area contributed by atoms with E-state index in [2.05, 4.69) is 30.9 Å². The zero-order valence-corrected chi connectivity index (χ0v) is 14.0. The van der Waals surface area contributed by atoms with Crippen LogP contribution in [-0.2, 0) is 4.79 Å². The molecule has 0 N–H and O–H groups in total. The number of carbonyl (C=O) groups excluding carboxylic acids is 1. The van der Waals surface area contributed by atoms with Crippen molar-refractivity contribution in [2.24, 2.45) is 0 Å². The van der Waals surface area contributed by atoms with Gasteiger partial charge in [0.25, 0.3) is 0 Å². The molecule has 1 unspecified atom stereocenters. The molecule has 0 aromatic carbocycles. The maximum Gasteiger partial charge on any atom is 0.247 e. The van der Waals surface area contributed by atoms with Gasteiger partial charge in [0, 0.05) is 49.2 Å². The van der Waals surface area contributed by atoms with Gasteiger partial charge in [-0.3, -0.25) is 9.48 Å². The van der Waals surface area contributed by atoms with E-state index in [1.165, 1.54) is 0 Å². The summed E-state index contributed by atoms with van der Waals surface area (Å²) in [6.07, 6.45) is 5.32. The number of piperazine rings is 1. The first kappa shape index (κ1) is 15.0. The Morgan fingerprint density at radius 1 is 1.27 bits per heavy atom. The highest BCUT2D eigenvalue weighted by molar-refractivity contribution is 9.10. The molecular formula is C15H18BrN5O. The topological polar surface area (TPSA) is 54.3 Å². The van der Waals surface area contributed by atoms with Crippen molar-refractivity contribution in [3.8, 4) is 0 Å². The summed E-state index contributed by atoms with van der Waals surface area (Å²) in [6.45, 7) is 4.90. The second-order valence-electron chi connectivity index (χ2n) is 5.31. The Kier molecular flexibility index (Phi) is 4.42. The lowest BCUT2D eigenvalue weighted by Crippen LogP contribution is -2.50. The van der Waals surface area contributed by atoms with Gasteiger partial charge >= 0.3 is 0 Å². The van der Waals surface area contributed by atoms with Crippen molar-refractivity contribution in [2.75, 3.05) is 31.1 Å². The van der Waals surface area contributed by atoms with Crippen molar-refractivity contribution in [2.45, 2.75) is 13.0 Å². The van der Waals surface area contributed by atoms with Crippen molar-refractivity contribution in [1.29, 1.82) is 0 Å². The normalized spacial score (nSPS) is 16.6. The average molecular weight is 364 g/mol. The summed E-state index contributed by atoms with van der Waals surface area (Å²) >= 11 is 3.39. The Morgan fingerprint density at radius 2 is 2.05 bits per heavy atom. The molecule has 1 atom stereocenters. The third kappa shape index (κ3) is 3.14. The van der Waals surface area contributed by atoms with Crippen LogP contribution in [-0.4, -0.2) is 51.8 Å². The molecule has 22 heavy (non-hydrogen) atoms. The number of carbonyl (C=O) groups is 1. The fourth-order valence-electron chi connectivity index (χ4n) is 2.60. The SMILES string of the molecule is CC(C(=O)N1CCN(c2ccc(Br)cn2)CC1)n1cccn1. The number of anilines is 1. The van der Waals surface area contributed by atoms with Gasteiger partial charge < -0.3 is 9.80 Å². The first-order valence-electron chi connectivity index (χ1n) is 7.29. The van der Waals surface area contributed by atoms with Crippen LogP contribution in [0.15, 0.2) is 41.3 Å². The quantitative estimate of drug-likeness (QED) is 0.836. The van der Waals surface area contributed by atoms with E-state index in [4.69, 9.17) is 0 Å². The van der Waals surface area contributed by atoms with E-state index in [0.29, 0.717) is 13.1 Å². The lowest BCUT2D eigenvalue weighted by molar-refractivity contribution is -0.134. The van der Waals surface area contributed by atoms with Crippen LogP contribution < -0.4 is 4.90 Å². The highest BCUT2D eigenvalue weighted by atomic mass is 79.9. The summed E-state index contributed by atoms with van der Waals surface area (Å²) in [5, 5.41) is 4.15. The summed E-state index contributed by atoms with van der Waals surface area (Å²) in [6, 6.07) is 5.56. The molecule has 3 heterocycles. The largest absolute Gasteiger partial charge is 0.353 e. The van der Waals surface area contributed by atoms with E-state index in [9.17, 15) is 4.79 Å². The summed E-state index contributed by atoms with van der Waals surface area (Å²) < 4.78 is 2.67. The van der Waals surface area contributed by atoms with Gasteiger partial charge in [-0.15, -0.1) is 0 Å². The van der Waals surface area contributed by atoms with E-state index < -0.39 is 0 Å². The van der Waals surface area contributed by atoms with E-state index in [-0.39, 0.29) is 11.9 Å².